The molecular weight excluding hydrogens is 472 g/mol. The number of amides is 1. The number of alkyl carbamates (subject to hydrolysis) is 1. The van der Waals surface area contributed by atoms with Gasteiger partial charge in [0.2, 0.25) is 0 Å². The van der Waals surface area contributed by atoms with E-state index in [2.05, 4.69) is 37.6 Å². The minimum atomic E-state index is -0.541. The number of carbonyl (C=O) groups is 1. The van der Waals surface area contributed by atoms with Gasteiger partial charge in [0, 0.05) is 29.9 Å². The number of aromatic nitrogens is 5. The number of hydrogen-bond acceptors (Lipinski definition) is 7. The Bertz CT molecular complexity index is 1600. The second kappa shape index (κ2) is 9.49. The van der Waals surface area contributed by atoms with Crippen LogP contribution in [0.2, 0.25) is 0 Å². The monoisotopic (exact) mass is 502 g/mol. The number of rotatable bonds is 7. The molecule has 1 fully saturated rings. The van der Waals surface area contributed by atoms with Gasteiger partial charge in [-0.05, 0) is 57.4 Å². The van der Waals surface area contributed by atoms with E-state index in [0.717, 1.165) is 35.5 Å². The Morgan fingerprint density at radius 2 is 2.00 bits per heavy atom. The van der Waals surface area contributed by atoms with Gasteiger partial charge in [-0.25, -0.2) is 14.6 Å². The topological polar surface area (TPSA) is 141 Å². The van der Waals surface area contributed by atoms with Crippen molar-refractivity contribution < 1.29 is 9.53 Å². The molecule has 3 aromatic heterocycles. The van der Waals surface area contributed by atoms with Crippen LogP contribution in [-0.4, -0.2) is 42.3 Å². The van der Waals surface area contributed by atoms with Gasteiger partial charge in [-0.2, -0.15) is 9.61 Å². The molecule has 11 heteroatoms. The Morgan fingerprint density at radius 1 is 1.24 bits per heavy atom. The lowest BCUT2D eigenvalue weighted by Gasteiger charge is -2.19. The zero-order valence-electron chi connectivity index (χ0n) is 21.0. The number of hydrogen-bond donors (Lipinski definition) is 5. The van der Waals surface area contributed by atoms with E-state index in [4.69, 9.17) is 9.72 Å². The molecule has 0 radical (unpaired) electrons. The molecule has 1 aliphatic carbocycles. The van der Waals surface area contributed by atoms with Crippen molar-refractivity contribution in [2.45, 2.75) is 51.8 Å². The van der Waals surface area contributed by atoms with Gasteiger partial charge in [-0.1, -0.05) is 18.7 Å². The van der Waals surface area contributed by atoms with E-state index in [1.54, 1.807) is 16.8 Å². The Hall–Kier alpha value is -4.54. The standard InChI is InChI=1S/C26H30N8O3/c1-15-20(32-24(35)29-15)11-17-14-28-34-22(31-19-9-10-19)12-21(33-23(17)34)30-18-7-5-16(6-8-18)13-27-25(36)37-26(2,3)4/h5-8,11-12,14,19,31H,1,9-10,13H2,2-4H3,(H,27,36)(H,30,33)(H2,29,32,35)/b20-11-. The molecule has 3 heterocycles. The van der Waals surface area contributed by atoms with Crippen LogP contribution in [0.3, 0.4) is 0 Å². The maximum absolute atomic E-state index is 11.9. The summed E-state index contributed by atoms with van der Waals surface area (Å²) >= 11 is 0. The van der Waals surface area contributed by atoms with Crippen LogP contribution in [0.25, 0.3) is 18.3 Å². The second-order valence-corrected chi connectivity index (χ2v) is 10.1. The van der Waals surface area contributed by atoms with Gasteiger partial charge in [0.05, 0.1) is 16.9 Å². The third-order valence-corrected chi connectivity index (χ3v) is 5.63. The van der Waals surface area contributed by atoms with Crippen LogP contribution < -0.4 is 32.3 Å². The van der Waals surface area contributed by atoms with Gasteiger partial charge in [0.15, 0.2) is 5.65 Å². The van der Waals surface area contributed by atoms with Crippen LogP contribution in [0.15, 0.2) is 41.3 Å². The Balaban J connectivity index is 1.38. The average Bonchev–Trinajstić information content (AvgIpc) is 3.46. The Labute approximate surface area is 212 Å². The predicted molar refractivity (Wildman–Crippen MR) is 142 cm³/mol. The Morgan fingerprint density at radius 3 is 2.65 bits per heavy atom. The minimum Gasteiger partial charge on any atom is -0.444 e. The zero-order chi connectivity index (χ0) is 26.2. The largest absolute Gasteiger partial charge is 0.444 e. The van der Waals surface area contributed by atoms with Gasteiger partial charge in [-0.15, -0.1) is 0 Å². The molecule has 0 bridgehead atoms. The summed E-state index contributed by atoms with van der Waals surface area (Å²) in [4.78, 5) is 33.7. The van der Waals surface area contributed by atoms with E-state index < -0.39 is 11.7 Å². The number of nitrogens with zero attached hydrogens (tertiary/aromatic N) is 3. The van der Waals surface area contributed by atoms with E-state index >= 15 is 0 Å². The normalized spacial score (nSPS) is 14.1. The van der Waals surface area contributed by atoms with E-state index in [-0.39, 0.29) is 5.69 Å². The lowest BCUT2D eigenvalue weighted by Crippen LogP contribution is -2.32. The maximum Gasteiger partial charge on any atom is 0.407 e. The summed E-state index contributed by atoms with van der Waals surface area (Å²) in [5.74, 6) is 1.47. The van der Waals surface area contributed by atoms with Gasteiger partial charge < -0.3 is 30.7 Å². The number of fused-ring (bicyclic) bond motifs is 1. The molecule has 1 aromatic carbocycles. The predicted octanol–water partition coefficient (Wildman–Crippen LogP) is 2.33. The van der Waals surface area contributed by atoms with Crippen molar-refractivity contribution >= 4 is 41.7 Å². The summed E-state index contributed by atoms with van der Waals surface area (Å²) in [5.41, 5.74) is 2.30. The van der Waals surface area contributed by atoms with Crippen LogP contribution in [0.4, 0.5) is 22.1 Å². The molecule has 0 aliphatic heterocycles. The first-order chi connectivity index (χ1) is 17.6. The lowest BCUT2D eigenvalue weighted by molar-refractivity contribution is 0.0523. The van der Waals surface area contributed by atoms with Gasteiger partial charge in [0.25, 0.3) is 0 Å². The molecule has 0 unspecified atom stereocenters. The van der Waals surface area contributed by atoms with Crippen molar-refractivity contribution in [3.63, 3.8) is 0 Å². The molecule has 37 heavy (non-hydrogen) atoms. The number of H-pyrrole nitrogens is 2. The molecule has 1 aliphatic rings. The molecule has 5 rings (SSSR count). The van der Waals surface area contributed by atoms with Crippen molar-refractivity contribution in [3.8, 4) is 0 Å². The molecule has 4 aromatic rings. The highest BCUT2D eigenvalue weighted by Gasteiger charge is 2.23. The van der Waals surface area contributed by atoms with Crippen LogP contribution in [-0.2, 0) is 11.3 Å². The van der Waals surface area contributed by atoms with Crippen molar-refractivity contribution in [1.29, 1.82) is 0 Å². The highest BCUT2D eigenvalue weighted by molar-refractivity contribution is 5.71. The summed E-state index contributed by atoms with van der Waals surface area (Å²) in [6.45, 7) is 9.71. The first-order valence-electron chi connectivity index (χ1n) is 12.1. The van der Waals surface area contributed by atoms with E-state index in [1.807, 2.05) is 51.1 Å². The number of imidazole rings is 1. The molecule has 1 saturated carbocycles. The second-order valence-electron chi connectivity index (χ2n) is 10.1. The molecule has 0 spiro atoms. The smallest absolute Gasteiger partial charge is 0.407 e. The summed E-state index contributed by atoms with van der Waals surface area (Å²) in [7, 11) is 0. The fourth-order valence-electron chi connectivity index (χ4n) is 3.74. The number of anilines is 3. The molecule has 0 saturated heterocycles. The lowest BCUT2D eigenvalue weighted by atomic mass is 10.2. The van der Waals surface area contributed by atoms with Gasteiger partial charge in [-0.3, -0.25) is 0 Å². The van der Waals surface area contributed by atoms with E-state index in [0.29, 0.717) is 34.7 Å². The molecule has 192 valence electrons. The number of benzene rings is 1. The third-order valence-electron chi connectivity index (χ3n) is 5.63. The number of aromatic amines is 2. The number of carbonyl (C=O) groups excluding carboxylic acids is 1. The fraction of sp³-hybridized carbons (Fsp3) is 0.308. The SMILES string of the molecule is C=c1[nH]c(=O)[nH]/c1=C\c1cnn2c(NC3CC3)cc(Nc3ccc(CNC(=O)OC(C)(C)C)cc3)nc12. The van der Waals surface area contributed by atoms with Gasteiger partial charge in [0.1, 0.15) is 17.2 Å². The molecular formula is C26H30N8O3. The first kappa shape index (κ1) is 24.2. The van der Waals surface area contributed by atoms with Crippen LogP contribution >= 0.6 is 0 Å². The fourth-order valence-corrected chi connectivity index (χ4v) is 3.74. The first-order valence-corrected chi connectivity index (χ1v) is 12.1. The van der Waals surface area contributed by atoms with Gasteiger partial charge >= 0.3 is 11.8 Å². The quantitative estimate of drug-likeness (QED) is 0.261. The number of ether oxygens (including phenoxy) is 1. The Kier molecular flexibility index (Phi) is 6.20. The van der Waals surface area contributed by atoms with Crippen molar-refractivity contribution in [2.24, 2.45) is 0 Å². The highest BCUT2D eigenvalue weighted by atomic mass is 16.6. The average molecular weight is 503 g/mol. The van der Waals surface area contributed by atoms with Crippen LogP contribution in [0.5, 0.6) is 0 Å². The highest BCUT2D eigenvalue weighted by Crippen LogP contribution is 2.28. The summed E-state index contributed by atoms with van der Waals surface area (Å²) in [6.07, 6.45) is 5.28. The zero-order valence-corrected chi connectivity index (χ0v) is 21.0. The summed E-state index contributed by atoms with van der Waals surface area (Å²) < 4.78 is 7.04. The van der Waals surface area contributed by atoms with Crippen molar-refractivity contribution in [2.75, 3.05) is 10.6 Å². The maximum atomic E-state index is 11.9. The molecule has 0 atom stereocenters. The number of nitrogens with one attached hydrogen (secondary N) is 5. The molecule has 5 N–H and O–H groups in total. The summed E-state index contributed by atoms with van der Waals surface area (Å²) in [6, 6.07) is 10.0. The van der Waals surface area contributed by atoms with E-state index in [1.165, 1.54) is 0 Å². The third kappa shape index (κ3) is 6.00. The van der Waals surface area contributed by atoms with Crippen molar-refractivity contribution in [1.82, 2.24) is 29.9 Å². The van der Waals surface area contributed by atoms with Crippen LogP contribution in [0, 0.1) is 0 Å². The molecule has 1 amide bonds. The van der Waals surface area contributed by atoms with Crippen molar-refractivity contribution in [3.05, 3.63) is 68.8 Å². The van der Waals surface area contributed by atoms with E-state index in [9.17, 15) is 9.59 Å². The summed E-state index contributed by atoms with van der Waals surface area (Å²) in [5, 5.41) is 15.2. The van der Waals surface area contributed by atoms with Crippen LogP contribution in [0.1, 0.15) is 44.7 Å². The minimum absolute atomic E-state index is 0.316. The molecule has 11 nitrogen and oxygen atoms in total.